The smallest absolute Gasteiger partial charge is 0.0462 e. The van der Waals surface area contributed by atoms with Crippen molar-refractivity contribution in [2.75, 3.05) is 4.90 Å². The van der Waals surface area contributed by atoms with Crippen LogP contribution in [0.3, 0.4) is 0 Å². The number of anilines is 3. The molecule has 0 saturated heterocycles. The van der Waals surface area contributed by atoms with Gasteiger partial charge in [-0.1, -0.05) is 143 Å². The minimum absolute atomic E-state index is 0.0384. The van der Waals surface area contributed by atoms with Crippen molar-refractivity contribution in [3.8, 4) is 11.1 Å². The molecular weight excluding hydrogens is 567 g/mol. The Morgan fingerprint density at radius 3 is 1.09 bits per heavy atom. The summed E-state index contributed by atoms with van der Waals surface area (Å²) in [4.78, 5) is 2.37. The highest BCUT2D eigenvalue weighted by atomic mass is 15.1. The van der Waals surface area contributed by atoms with E-state index in [4.69, 9.17) is 0 Å². The van der Waals surface area contributed by atoms with Gasteiger partial charge in [0.15, 0.2) is 0 Å². The van der Waals surface area contributed by atoms with Gasteiger partial charge in [0.25, 0.3) is 0 Å². The van der Waals surface area contributed by atoms with Crippen LogP contribution in [0.2, 0.25) is 0 Å². The molecule has 0 unspecified atom stereocenters. The van der Waals surface area contributed by atoms with Gasteiger partial charge < -0.3 is 4.90 Å². The van der Waals surface area contributed by atoms with Crippen molar-refractivity contribution in [3.63, 3.8) is 0 Å². The van der Waals surface area contributed by atoms with Gasteiger partial charge in [-0.05, 0) is 104 Å². The summed E-state index contributed by atoms with van der Waals surface area (Å²) in [6.45, 7) is 9.33. The Kier molecular flexibility index (Phi) is 6.88. The number of benzene rings is 6. The van der Waals surface area contributed by atoms with Crippen LogP contribution in [0.4, 0.5) is 17.1 Å². The molecule has 0 spiro atoms. The third kappa shape index (κ3) is 4.95. The van der Waals surface area contributed by atoms with Crippen molar-refractivity contribution in [1.82, 2.24) is 0 Å². The lowest BCUT2D eigenvalue weighted by molar-refractivity contribution is 0.704. The van der Waals surface area contributed by atoms with Crippen molar-refractivity contribution < 1.29 is 0 Å². The second-order valence-corrected chi connectivity index (χ2v) is 13.9. The van der Waals surface area contributed by atoms with Crippen LogP contribution in [0.1, 0.15) is 61.1 Å². The van der Waals surface area contributed by atoms with Gasteiger partial charge in [-0.25, -0.2) is 0 Å². The van der Waals surface area contributed by atoms with Gasteiger partial charge in [0.05, 0.1) is 0 Å². The van der Waals surface area contributed by atoms with E-state index in [2.05, 4.69) is 196 Å². The van der Waals surface area contributed by atoms with Crippen LogP contribution < -0.4 is 4.90 Å². The Morgan fingerprint density at radius 2 is 0.681 bits per heavy atom. The first-order chi connectivity index (χ1) is 22.8. The van der Waals surface area contributed by atoms with E-state index in [-0.39, 0.29) is 10.8 Å². The van der Waals surface area contributed by atoms with E-state index in [1.165, 1.54) is 55.7 Å². The van der Waals surface area contributed by atoms with Gasteiger partial charge in [0, 0.05) is 27.9 Å². The molecule has 0 radical (unpaired) electrons. The van der Waals surface area contributed by atoms with Crippen molar-refractivity contribution in [2.45, 2.75) is 38.5 Å². The molecule has 0 heterocycles. The molecule has 0 saturated carbocycles. The Hall–Kier alpha value is -5.40. The molecule has 0 aromatic heterocycles. The standard InChI is InChI=1S/C46H39N/c1-45(2)41-16-10-8-14-36(41)30-43(45)34-20-26-39(27-21-34)47(38-24-18-33(19-25-38)32-12-6-5-7-13-32)40-28-22-35(23-29-40)44-31-37-15-9-11-17-42(37)46(44,3)4/h5-31H,1-4H3. The van der Waals surface area contributed by atoms with Crippen LogP contribution in [0.25, 0.3) is 34.4 Å². The summed E-state index contributed by atoms with van der Waals surface area (Å²) in [7, 11) is 0. The molecule has 0 fully saturated rings. The van der Waals surface area contributed by atoms with Crippen LogP contribution in [0.5, 0.6) is 0 Å². The maximum Gasteiger partial charge on any atom is 0.0462 e. The molecule has 0 aliphatic heterocycles. The predicted molar refractivity (Wildman–Crippen MR) is 201 cm³/mol. The van der Waals surface area contributed by atoms with Crippen LogP contribution >= 0.6 is 0 Å². The summed E-state index contributed by atoms with van der Waals surface area (Å²) in [5.74, 6) is 0. The van der Waals surface area contributed by atoms with Gasteiger partial charge in [-0.3, -0.25) is 0 Å². The maximum atomic E-state index is 2.37. The van der Waals surface area contributed by atoms with E-state index < -0.39 is 0 Å². The minimum atomic E-state index is -0.0384. The van der Waals surface area contributed by atoms with Crippen LogP contribution in [-0.4, -0.2) is 0 Å². The molecule has 47 heavy (non-hydrogen) atoms. The number of allylic oxidation sites excluding steroid dienone is 2. The zero-order valence-electron chi connectivity index (χ0n) is 27.5. The van der Waals surface area contributed by atoms with Crippen molar-refractivity contribution in [1.29, 1.82) is 0 Å². The molecule has 0 amide bonds. The molecule has 1 nitrogen and oxygen atoms in total. The first-order valence-electron chi connectivity index (χ1n) is 16.6. The lowest BCUT2D eigenvalue weighted by atomic mass is 9.78. The topological polar surface area (TPSA) is 3.24 Å². The Balaban J connectivity index is 1.17. The largest absolute Gasteiger partial charge is 0.311 e. The van der Waals surface area contributed by atoms with Crippen molar-refractivity contribution in [3.05, 3.63) is 185 Å². The molecule has 0 bridgehead atoms. The summed E-state index contributed by atoms with van der Waals surface area (Å²) >= 11 is 0. The fourth-order valence-corrected chi connectivity index (χ4v) is 7.70. The Labute approximate surface area is 279 Å². The maximum absolute atomic E-state index is 2.37. The van der Waals surface area contributed by atoms with Crippen molar-refractivity contribution in [2.24, 2.45) is 0 Å². The summed E-state index contributed by atoms with van der Waals surface area (Å²) in [6.07, 6.45) is 4.72. The van der Waals surface area contributed by atoms with E-state index in [1.807, 2.05) is 0 Å². The van der Waals surface area contributed by atoms with Crippen LogP contribution in [0.15, 0.2) is 152 Å². The van der Waals surface area contributed by atoms with E-state index in [9.17, 15) is 0 Å². The molecule has 0 atom stereocenters. The number of hydrogen-bond acceptors (Lipinski definition) is 1. The van der Waals surface area contributed by atoms with E-state index >= 15 is 0 Å². The molecule has 1 heteroatoms. The zero-order chi connectivity index (χ0) is 32.2. The molecule has 2 aliphatic rings. The van der Waals surface area contributed by atoms with Gasteiger partial charge in [-0.15, -0.1) is 0 Å². The third-order valence-corrected chi connectivity index (χ3v) is 10.3. The Bertz CT molecular complexity index is 2030. The first kappa shape index (κ1) is 29.0. The quantitative estimate of drug-likeness (QED) is 0.183. The second kappa shape index (κ2) is 11.1. The molecular formula is C46H39N. The SMILES string of the molecule is CC1(C)C(c2ccc(N(c3ccc(C4=Cc5ccccc5C4(C)C)cc3)c3ccc(-c4ccccc4)cc3)cc2)=Cc2ccccc21. The zero-order valence-corrected chi connectivity index (χ0v) is 27.5. The van der Waals surface area contributed by atoms with E-state index in [0.29, 0.717) is 0 Å². The molecule has 6 aromatic carbocycles. The molecule has 0 N–H and O–H groups in total. The number of hydrogen-bond donors (Lipinski definition) is 0. The predicted octanol–water partition coefficient (Wildman–Crippen LogP) is 12.5. The van der Waals surface area contributed by atoms with E-state index in [1.54, 1.807) is 0 Å². The summed E-state index contributed by atoms with van der Waals surface area (Å²) < 4.78 is 0. The van der Waals surface area contributed by atoms with Crippen LogP contribution in [0, 0.1) is 0 Å². The van der Waals surface area contributed by atoms with Crippen LogP contribution in [-0.2, 0) is 10.8 Å². The summed E-state index contributed by atoms with van der Waals surface area (Å²) in [6, 6.07) is 55.3. The highest BCUT2D eigenvalue weighted by molar-refractivity contribution is 5.95. The fraction of sp³-hybridized carbons (Fsp3) is 0.130. The monoisotopic (exact) mass is 605 g/mol. The first-order valence-corrected chi connectivity index (χ1v) is 16.6. The van der Waals surface area contributed by atoms with E-state index in [0.717, 1.165) is 17.1 Å². The molecule has 8 rings (SSSR count). The molecule has 6 aromatic rings. The number of fused-ring (bicyclic) bond motifs is 2. The second-order valence-electron chi connectivity index (χ2n) is 13.9. The molecule has 228 valence electrons. The number of nitrogens with zero attached hydrogens (tertiary/aromatic N) is 1. The minimum Gasteiger partial charge on any atom is -0.311 e. The van der Waals surface area contributed by atoms with Gasteiger partial charge in [-0.2, -0.15) is 0 Å². The molecule has 2 aliphatic carbocycles. The fourth-order valence-electron chi connectivity index (χ4n) is 7.70. The highest BCUT2D eigenvalue weighted by Gasteiger charge is 2.34. The average Bonchev–Trinajstić information content (AvgIpc) is 3.54. The lowest BCUT2D eigenvalue weighted by Gasteiger charge is -2.28. The van der Waals surface area contributed by atoms with Gasteiger partial charge in [0.1, 0.15) is 0 Å². The third-order valence-electron chi connectivity index (χ3n) is 10.3. The van der Waals surface area contributed by atoms with Gasteiger partial charge in [0.2, 0.25) is 0 Å². The van der Waals surface area contributed by atoms with Gasteiger partial charge >= 0.3 is 0 Å². The number of rotatable bonds is 6. The lowest BCUT2D eigenvalue weighted by Crippen LogP contribution is -2.16. The highest BCUT2D eigenvalue weighted by Crippen LogP contribution is 2.48. The summed E-state index contributed by atoms with van der Waals surface area (Å²) in [5.41, 5.74) is 16.4. The summed E-state index contributed by atoms with van der Waals surface area (Å²) in [5, 5.41) is 0. The normalized spacial score (nSPS) is 15.4. The van der Waals surface area contributed by atoms with Crippen molar-refractivity contribution >= 4 is 40.4 Å². The Morgan fingerprint density at radius 1 is 0.340 bits per heavy atom. The average molecular weight is 606 g/mol.